The number of nitrogens with one attached hydrogen (secondary N) is 1. The largest absolute Gasteiger partial charge is 0.344 e. The summed E-state index contributed by atoms with van der Waals surface area (Å²) in [6, 6.07) is 6.08. The van der Waals surface area contributed by atoms with Crippen LogP contribution in [0.15, 0.2) is 30.6 Å². The summed E-state index contributed by atoms with van der Waals surface area (Å²) in [5, 5.41) is 19.5. The van der Waals surface area contributed by atoms with E-state index in [0.717, 1.165) is 0 Å². The Hall–Kier alpha value is -2.68. The molecule has 0 bridgehead atoms. The topological polar surface area (TPSA) is 95.6 Å². The van der Waals surface area contributed by atoms with Gasteiger partial charge in [0.15, 0.2) is 0 Å². The van der Waals surface area contributed by atoms with Gasteiger partial charge in [-0.05, 0) is 12.1 Å². The van der Waals surface area contributed by atoms with Crippen LogP contribution in [0.1, 0.15) is 5.56 Å². The zero-order chi connectivity index (χ0) is 11.5. The van der Waals surface area contributed by atoms with Gasteiger partial charge in [0.25, 0.3) is 5.69 Å². The fraction of sp³-hybridized carbons (Fsp3) is 0. The van der Waals surface area contributed by atoms with E-state index in [2.05, 4.69) is 9.97 Å². The first kappa shape index (κ1) is 9.86. The molecule has 0 radical (unpaired) electrons. The lowest BCUT2D eigenvalue weighted by molar-refractivity contribution is -0.384. The van der Waals surface area contributed by atoms with E-state index in [1.54, 1.807) is 6.20 Å². The van der Waals surface area contributed by atoms with Crippen molar-refractivity contribution in [2.45, 2.75) is 0 Å². The molecule has 0 spiro atoms. The van der Waals surface area contributed by atoms with Crippen LogP contribution in [0.3, 0.4) is 0 Å². The van der Waals surface area contributed by atoms with Crippen molar-refractivity contribution in [3.8, 4) is 17.5 Å². The Labute approximate surface area is 90.3 Å². The normalized spacial score (nSPS) is 9.69. The van der Waals surface area contributed by atoms with Gasteiger partial charge in [0.2, 0.25) is 0 Å². The summed E-state index contributed by atoms with van der Waals surface area (Å²) in [5.41, 5.74) is 0.597. The van der Waals surface area contributed by atoms with Gasteiger partial charge in [-0.15, -0.1) is 0 Å². The highest BCUT2D eigenvalue weighted by atomic mass is 16.6. The first-order chi connectivity index (χ1) is 7.72. The van der Waals surface area contributed by atoms with Crippen molar-refractivity contribution in [3.05, 3.63) is 46.3 Å². The van der Waals surface area contributed by atoms with Gasteiger partial charge in [0.05, 0.1) is 22.1 Å². The summed E-state index contributed by atoms with van der Waals surface area (Å²) in [5.74, 6) is 0.379. The Balaban J connectivity index is 2.65. The van der Waals surface area contributed by atoms with Crippen LogP contribution >= 0.6 is 0 Å². The van der Waals surface area contributed by atoms with Crippen LogP contribution in [0.2, 0.25) is 0 Å². The molecule has 0 amide bonds. The predicted octanol–water partition coefficient (Wildman–Crippen LogP) is 1.86. The number of benzene rings is 1. The van der Waals surface area contributed by atoms with Gasteiger partial charge in [0.1, 0.15) is 5.82 Å². The summed E-state index contributed by atoms with van der Waals surface area (Å²) in [6.07, 6.45) is 3.07. The maximum atomic E-state index is 10.8. The monoisotopic (exact) mass is 214 g/mol. The first-order valence-electron chi connectivity index (χ1n) is 4.40. The van der Waals surface area contributed by atoms with Crippen LogP contribution < -0.4 is 0 Å². The third-order valence-corrected chi connectivity index (χ3v) is 2.08. The number of aromatic nitrogens is 2. The SMILES string of the molecule is N#Cc1ccc([N+](=O)[O-])c(-c2ncc[nH]2)c1. The number of nitro benzene ring substituents is 1. The number of rotatable bonds is 2. The second-order valence-corrected chi connectivity index (χ2v) is 3.04. The van der Waals surface area contributed by atoms with Crippen molar-refractivity contribution in [2.24, 2.45) is 0 Å². The maximum Gasteiger partial charge on any atom is 0.280 e. The fourth-order valence-corrected chi connectivity index (χ4v) is 1.37. The van der Waals surface area contributed by atoms with Crippen molar-refractivity contribution in [3.63, 3.8) is 0 Å². The molecule has 6 nitrogen and oxygen atoms in total. The number of nitriles is 1. The molecular weight excluding hydrogens is 208 g/mol. The molecule has 78 valence electrons. The maximum absolute atomic E-state index is 10.8. The van der Waals surface area contributed by atoms with E-state index >= 15 is 0 Å². The second-order valence-electron chi connectivity index (χ2n) is 3.04. The molecule has 0 saturated heterocycles. The minimum atomic E-state index is -0.501. The standard InChI is InChI=1S/C10H6N4O2/c11-6-7-1-2-9(14(15)16)8(5-7)10-12-3-4-13-10/h1-5H,(H,12,13). The van der Waals surface area contributed by atoms with E-state index < -0.39 is 4.92 Å². The Kier molecular flexibility index (Phi) is 2.36. The molecule has 1 N–H and O–H groups in total. The molecule has 1 aromatic carbocycles. The van der Waals surface area contributed by atoms with Gasteiger partial charge in [-0.2, -0.15) is 5.26 Å². The number of H-pyrrole nitrogens is 1. The van der Waals surface area contributed by atoms with Crippen molar-refractivity contribution < 1.29 is 4.92 Å². The van der Waals surface area contributed by atoms with E-state index in [1.165, 1.54) is 24.4 Å². The molecule has 0 fully saturated rings. The van der Waals surface area contributed by atoms with Gasteiger partial charge in [-0.1, -0.05) is 0 Å². The molecule has 2 aromatic rings. The first-order valence-corrected chi connectivity index (χ1v) is 4.40. The average Bonchev–Trinajstić information content (AvgIpc) is 2.81. The smallest absolute Gasteiger partial charge is 0.280 e. The Morgan fingerprint density at radius 1 is 1.50 bits per heavy atom. The predicted molar refractivity (Wildman–Crippen MR) is 55.4 cm³/mol. The van der Waals surface area contributed by atoms with Crippen LogP contribution in [-0.2, 0) is 0 Å². The minimum absolute atomic E-state index is 0.0750. The molecule has 0 atom stereocenters. The van der Waals surface area contributed by atoms with Gasteiger partial charge >= 0.3 is 0 Å². The zero-order valence-electron chi connectivity index (χ0n) is 8.04. The summed E-state index contributed by atoms with van der Waals surface area (Å²) < 4.78 is 0. The van der Waals surface area contributed by atoms with Gasteiger partial charge in [0, 0.05) is 18.5 Å². The lowest BCUT2D eigenvalue weighted by Crippen LogP contribution is -1.93. The van der Waals surface area contributed by atoms with E-state index in [4.69, 9.17) is 5.26 Å². The van der Waals surface area contributed by atoms with Crippen LogP contribution in [-0.4, -0.2) is 14.9 Å². The molecule has 6 heteroatoms. The Morgan fingerprint density at radius 2 is 2.31 bits per heavy atom. The Bertz CT molecular complexity index is 569. The fourth-order valence-electron chi connectivity index (χ4n) is 1.37. The van der Waals surface area contributed by atoms with Crippen molar-refractivity contribution in [2.75, 3.05) is 0 Å². The van der Waals surface area contributed by atoms with Gasteiger partial charge in [-0.3, -0.25) is 10.1 Å². The molecule has 0 aliphatic heterocycles. The lowest BCUT2D eigenvalue weighted by Gasteiger charge is -1.99. The lowest BCUT2D eigenvalue weighted by atomic mass is 10.1. The quantitative estimate of drug-likeness (QED) is 0.609. The molecule has 2 rings (SSSR count). The molecule has 0 unspecified atom stereocenters. The molecule has 0 saturated carbocycles. The van der Waals surface area contributed by atoms with Gasteiger partial charge < -0.3 is 4.98 Å². The number of nitro groups is 1. The molecule has 1 aromatic heterocycles. The van der Waals surface area contributed by atoms with Crippen LogP contribution in [0.5, 0.6) is 0 Å². The Morgan fingerprint density at radius 3 is 2.88 bits per heavy atom. The van der Waals surface area contributed by atoms with E-state index in [1.807, 2.05) is 6.07 Å². The summed E-state index contributed by atoms with van der Waals surface area (Å²) >= 11 is 0. The van der Waals surface area contributed by atoms with Crippen LogP contribution in [0, 0.1) is 21.4 Å². The third-order valence-electron chi connectivity index (χ3n) is 2.08. The minimum Gasteiger partial charge on any atom is -0.344 e. The second kappa shape index (κ2) is 3.82. The highest BCUT2D eigenvalue weighted by Crippen LogP contribution is 2.27. The van der Waals surface area contributed by atoms with Crippen molar-refractivity contribution >= 4 is 5.69 Å². The average molecular weight is 214 g/mol. The van der Waals surface area contributed by atoms with E-state index in [9.17, 15) is 10.1 Å². The number of imidazole rings is 1. The molecule has 0 aliphatic carbocycles. The number of hydrogen-bond acceptors (Lipinski definition) is 4. The molecule has 1 heterocycles. The third kappa shape index (κ3) is 1.62. The highest BCUT2D eigenvalue weighted by molar-refractivity contribution is 5.69. The van der Waals surface area contributed by atoms with Crippen LogP contribution in [0.4, 0.5) is 5.69 Å². The number of hydrogen-bond donors (Lipinski definition) is 1. The van der Waals surface area contributed by atoms with E-state index in [-0.39, 0.29) is 5.69 Å². The molecule has 0 aliphatic rings. The zero-order valence-corrected chi connectivity index (χ0v) is 8.04. The summed E-state index contributed by atoms with van der Waals surface area (Å²) in [7, 11) is 0. The molecular formula is C10H6N4O2. The summed E-state index contributed by atoms with van der Waals surface area (Å²) in [4.78, 5) is 17.0. The van der Waals surface area contributed by atoms with Crippen LogP contribution in [0.25, 0.3) is 11.4 Å². The van der Waals surface area contributed by atoms with Crippen molar-refractivity contribution in [1.82, 2.24) is 9.97 Å². The van der Waals surface area contributed by atoms with Crippen molar-refractivity contribution in [1.29, 1.82) is 5.26 Å². The number of nitrogens with zero attached hydrogens (tertiary/aromatic N) is 3. The van der Waals surface area contributed by atoms with Gasteiger partial charge in [-0.25, -0.2) is 4.98 Å². The number of aromatic amines is 1. The highest BCUT2D eigenvalue weighted by Gasteiger charge is 2.17. The summed E-state index contributed by atoms with van der Waals surface area (Å²) in [6.45, 7) is 0. The molecule has 16 heavy (non-hydrogen) atoms. The van der Waals surface area contributed by atoms with E-state index in [0.29, 0.717) is 17.0 Å².